The van der Waals surface area contributed by atoms with Crippen LogP contribution in [0.1, 0.15) is 57.3 Å². The van der Waals surface area contributed by atoms with E-state index in [-0.39, 0.29) is 24.3 Å². The van der Waals surface area contributed by atoms with Crippen molar-refractivity contribution in [2.45, 2.75) is 51.5 Å². The van der Waals surface area contributed by atoms with Gasteiger partial charge in [-0.1, -0.05) is 31.9 Å². The topological polar surface area (TPSA) is 92.1 Å². The Kier molecular flexibility index (Phi) is 5.36. The normalized spacial score (nSPS) is 18.6. The zero-order valence-corrected chi connectivity index (χ0v) is 14.7. The Bertz CT molecular complexity index is 722. The zero-order chi connectivity index (χ0) is 17.8. The number of unbranched alkanes of at least 4 members (excludes halogenated alkanes) is 1. The summed E-state index contributed by atoms with van der Waals surface area (Å²) in [6, 6.07) is 7.84. The molecule has 3 N–H and O–H groups in total. The van der Waals surface area contributed by atoms with Crippen LogP contribution in [0.2, 0.25) is 0 Å². The van der Waals surface area contributed by atoms with Crippen LogP contribution in [-0.4, -0.2) is 33.2 Å². The summed E-state index contributed by atoms with van der Waals surface area (Å²) in [6.07, 6.45) is 4.60. The first-order valence-corrected chi connectivity index (χ1v) is 9.13. The molecule has 0 aliphatic carbocycles. The summed E-state index contributed by atoms with van der Waals surface area (Å²) in [5, 5.41) is 0. The lowest BCUT2D eigenvalue weighted by atomic mass is 9.96. The highest BCUT2D eigenvalue weighted by Crippen LogP contribution is 2.33. The molecule has 1 fully saturated rings. The maximum atomic E-state index is 13.1. The summed E-state index contributed by atoms with van der Waals surface area (Å²) in [4.78, 5) is 34.4. The summed E-state index contributed by atoms with van der Waals surface area (Å²) >= 11 is 0. The predicted octanol–water partition coefficient (Wildman–Crippen LogP) is 2.91. The number of aromatic amines is 1. The number of aromatic nitrogens is 2. The van der Waals surface area contributed by atoms with Crippen molar-refractivity contribution in [2.75, 3.05) is 6.54 Å². The van der Waals surface area contributed by atoms with Crippen LogP contribution in [0.4, 0.5) is 0 Å². The quantitative estimate of drug-likeness (QED) is 0.810. The van der Waals surface area contributed by atoms with Crippen molar-refractivity contribution >= 4 is 22.8 Å². The van der Waals surface area contributed by atoms with Gasteiger partial charge in [0.25, 0.3) is 0 Å². The number of H-pyrrole nitrogens is 1. The van der Waals surface area contributed by atoms with E-state index in [1.165, 1.54) is 0 Å². The fourth-order valence-electron chi connectivity index (χ4n) is 3.69. The van der Waals surface area contributed by atoms with Crippen LogP contribution in [0.25, 0.3) is 11.0 Å². The molecular weight excluding hydrogens is 316 g/mol. The second-order valence-electron chi connectivity index (χ2n) is 6.84. The predicted molar refractivity (Wildman–Crippen MR) is 96.6 cm³/mol. The molecule has 0 radical (unpaired) electrons. The Morgan fingerprint density at radius 1 is 1.40 bits per heavy atom. The van der Waals surface area contributed by atoms with Crippen LogP contribution in [-0.2, 0) is 9.59 Å². The highest BCUT2D eigenvalue weighted by atomic mass is 16.2. The number of carbonyl (C=O) groups excluding carboxylic acids is 2. The Morgan fingerprint density at radius 2 is 2.20 bits per heavy atom. The van der Waals surface area contributed by atoms with Gasteiger partial charge in [0.15, 0.2) is 0 Å². The van der Waals surface area contributed by atoms with Gasteiger partial charge in [-0.2, -0.15) is 0 Å². The van der Waals surface area contributed by atoms with Crippen molar-refractivity contribution in [3.05, 3.63) is 30.1 Å². The number of nitrogens with one attached hydrogen (secondary N) is 1. The molecule has 0 saturated carbocycles. The van der Waals surface area contributed by atoms with Gasteiger partial charge in [0, 0.05) is 18.9 Å². The first-order valence-electron chi connectivity index (χ1n) is 9.13. The molecule has 3 rings (SSSR count). The Balaban J connectivity index is 1.81. The molecule has 2 heterocycles. The molecule has 2 atom stereocenters. The third-order valence-corrected chi connectivity index (χ3v) is 4.96. The van der Waals surface area contributed by atoms with E-state index in [9.17, 15) is 9.59 Å². The number of imidazole rings is 1. The van der Waals surface area contributed by atoms with Gasteiger partial charge in [0.2, 0.25) is 11.8 Å². The summed E-state index contributed by atoms with van der Waals surface area (Å²) in [6.45, 7) is 2.79. The maximum absolute atomic E-state index is 13.1. The minimum absolute atomic E-state index is 0.0372. The third-order valence-electron chi connectivity index (χ3n) is 4.96. The van der Waals surface area contributed by atoms with Gasteiger partial charge in [-0.25, -0.2) is 4.98 Å². The second-order valence-corrected chi connectivity index (χ2v) is 6.84. The second kappa shape index (κ2) is 7.68. The summed E-state index contributed by atoms with van der Waals surface area (Å²) < 4.78 is 0. The van der Waals surface area contributed by atoms with Crippen LogP contribution in [0, 0.1) is 5.92 Å². The highest BCUT2D eigenvalue weighted by Gasteiger charge is 2.35. The number of amides is 2. The van der Waals surface area contributed by atoms with Crippen LogP contribution >= 0.6 is 0 Å². The number of primary amides is 1. The number of rotatable bonds is 7. The molecule has 6 nitrogen and oxygen atoms in total. The van der Waals surface area contributed by atoms with Gasteiger partial charge in [-0.05, 0) is 31.4 Å². The van der Waals surface area contributed by atoms with Gasteiger partial charge < -0.3 is 15.6 Å². The molecule has 1 aromatic carbocycles. The number of likely N-dealkylation sites (tertiary alicyclic amines) is 1. The van der Waals surface area contributed by atoms with Crippen molar-refractivity contribution in [3.8, 4) is 0 Å². The number of nitrogens with zero attached hydrogens (tertiary/aromatic N) is 2. The molecule has 0 spiro atoms. The van der Waals surface area contributed by atoms with E-state index in [0.717, 1.165) is 42.5 Å². The van der Waals surface area contributed by atoms with Crippen molar-refractivity contribution in [2.24, 2.45) is 11.7 Å². The number of carbonyl (C=O) groups is 2. The molecular formula is C19H26N4O2. The smallest absolute Gasteiger partial charge is 0.226 e. The summed E-state index contributed by atoms with van der Waals surface area (Å²) in [7, 11) is 0. The number of hydrogen-bond donors (Lipinski definition) is 2. The fourth-order valence-corrected chi connectivity index (χ4v) is 3.69. The molecule has 2 aromatic rings. The molecule has 25 heavy (non-hydrogen) atoms. The van der Waals surface area contributed by atoms with Gasteiger partial charge in [0.1, 0.15) is 5.82 Å². The van der Waals surface area contributed by atoms with Crippen molar-refractivity contribution < 1.29 is 9.59 Å². The maximum Gasteiger partial charge on any atom is 0.226 e. The SMILES string of the molecule is CCCCC(CC(N)=O)C(=O)N1CCCC1c1nc2ccccc2[nH]1. The van der Waals surface area contributed by atoms with E-state index < -0.39 is 5.91 Å². The van der Waals surface area contributed by atoms with Crippen molar-refractivity contribution in [1.82, 2.24) is 14.9 Å². The largest absolute Gasteiger partial charge is 0.370 e. The number of fused-ring (bicyclic) bond motifs is 1. The highest BCUT2D eigenvalue weighted by molar-refractivity contribution is 5.85. The van der Waals surface area contributed by atoms with E-state index in [0.29, 0.717) is 13.0 Å². The van der Waals surface area contributed by atoms with E-state index in [1.54, 1.807) is 0 Å². The molecule has 1 saturated heterocycles. The lowest BCUT2D eigenvalue weighted by Crippen LogP contribution is -2.37. The van der Waals surface area contributed by atoms with E-state index in [4.69, 9.17) is 5.73 Å². The van der Waals surface area contributed by atoms with Crippen LogP contribution in [0.5, 0.6) is 0 Å². The van der Waals surface area contributed by atoms with E-state index in [1.807, 2.05) is 29.2 Å². The average Bonchev–Trinajstić information content (AvgIpc) is 3.23. The first kappa shape index (κ1) is 17.5. The minimum atomic E-state index is -0.408. The van der Waals surface area contributed by atoms with E-state index in [2.05, 4.69) is 16.9 Å². The lowest BCUT2D eigenvalue weighted by molar-refractivity contribution is -0.139. The van der Waals surface area contributed by atoms with Gasteiger partial charge in [0.05, 0.1) is 17.1 Å². The number of para-hydroxylation sites is 2. The molecule has 1 aliphatic heterocycles. The molecule has 134 valence electrons. The van der Waals surface area contributed by atoms with Crippen molar-refractivity contribution in [3.63, 3.8) is 0 Å². The van der Waals surface area contributed by atoms with Gasteiger partial charge in [-0.15, -0.1) is 0 Å². The number of nitrogens with two attached hydrogens (primary N) is 1. The minimum Gasteiger partial charge on any atom is -0.370 e. The molecule has 0 bridgehead atoms. The zero-order valence-electron chi connectivity index (χ0n) is 14.7. The Hall–Kier alpha value is -2.37. The fraction of sp³-hybridized carbons (Fsp3) is 0.526. The average molecular weight is 342 g/mol. The number of hydrogen-bond acceptors (Lipinski definition) is 3. The first-order chi connectivity index (χ1) is 12.1. The van der Waals surface area contributed by atoms with Crippen molar-refractivity contribution in [1.29, 1.82) is 0 Å². The molecule has 6 heteroatoms. The monoisotopic (exact) mass is 342 g/mol. The molecule has 2 unspecified atom stereocenters. The molecule has 2 amide bonds. The molecule has 1 aromatic heterocycles. The summed E-state index contributed by atoms with van der Waals surface area (Å²) in [5.41, 5.74) is 7.27. The van der Waals surface area contributed by atoms with Gasteiger partial charge >= 0.3 is 0 Å². The number of benzene rings is 1. The lowest BCUT2D eigenvalue weighted by Gasteiger charge is -2.27. The summed E-state index contributed by atoms with van der Waals surface area (Å²) in [5.74, 6) is 0.145. The Labute approximate surface area is 147 Å². The van der Waals surface area contributed by atoms with Crippen LogP contribution in [0.3, 0.4) is 0 Å². The van der Waals surface area contributed by atoms with Crippen LogP contribution < -0.4 is 5.73 Å². The van der Waals surface area contributed by atoms with Gasteiger partial charge in [-0.3, -0.25) is 9.59 Å². The third kappa shape index (κ3) is 3.83. The standard InChI is InChI=1S/C19H26N4O2/c1-2-3-7-13(12-17(20)24)19(25)23-11-6-10-16(23)18-21-14-8-4-5-9-15(14)22-18/h4-5,8-9,13,16H,2-3,6-7,10-12H2,1H3,(H2,20,24)(H,21,22). The van der Waals surface area contributed by atoms with E-state index >= 15 is 0 Å². The van der Waals surface area contributed by atoms with Crippen LogP contribution in [0.15, 0.2) is 24.3 Å². The molecule has 1 aliphatic rings. The Morgan fingerprint density at radius 3 is 2.92 bits per heavy atom.